The van der Waals surface area contributed by atoms with Gasteiger partial charge in [0.15, 0.2) is 0 Å². The predicted molar refractivity (Wildman–Crippen MR) is 107 cm³/mol. The van der Waals surface area contributed by atoms with Gasteiger partial charge in [0.1, 0.15) is 5.75 Å². The second-order valence-corrected chi connectivity index (χ2v) is 7.67. The zero-order valence-electron chi connectivity index (χ0n) is 15.1. The van der Waals surface area contributed by atoms with E-state index in [9.17, 15) is 8.42 Å². The highest BCUT2D eigenvalue weighted by Gasteiger charge is 2.17. The first-order chi connectivity index (χ1) is 13.0. The molecule has 1 heterocycles. The molecule has 0 atom stereocenters. The lowest BCUT2D eigenvalue weighted by atomic mass is 10.2. The van der Waals surface area contributed by atoms with Crippen LogP contribution in [-0.4, -0.2) is 20.5 Å². The summed E-state index contributed by atoms with van der Waals surface area (Å²) in [5, 5.41) is 3.29. The van der Waals surface area contributed by atoms with Crippen molar-refractivity contribution < 1.29 is 13.2 Å². The number of rotatable bonds is 7. The van der Waals surface area contributed by atoms with Gasteiger partial charge in [-0.25, -0.2) is 8.42 Å². The third kappa shape index (κ3) is 4.77. The van der Waals surface area contributed by atoms with Crippen molar-refractivity contribution in [2.45, 2.75) is 18.4 Å². The Morgan fingerprint density at radius 3 is 2.26 bits per heavy atom. The number of ether oxygens (including phenoxy) is 1. The van der Waals surface area contributed by atoms with Crippen LogP contribution in [0.2, 0.25) is 0 Å². The van der Waals surface area contributed by atoms with Crippen LogP contribution in [0.15, 0.2) is 71.9 Å². The smallest absolute Gasteiger partial charge is 0.262 e. The molecule has 0 aliphatic heterocycles. The van der Waals surface area contributed by atoms with Crippen LogP contribution in [0.25, 0.3) is 0 Å². The van der Waals surface area contributed by atoms with E-state index in [0.717, 1.165) is 11.3 Å². The Balaban J connectivity index is 1.68. The Labute approximate surface area is 159 Å². The fraction of sp³-hybridized carbons (Fsp3) is 0.150. The van der Waals surface area contributed by atoms with Crippen molar-refractivity contribution in [2.75, 3.05) is 17.1 Å². The number of aryl methyl sites for hydroxylation is 1. The van der Waals surface area contributed by atoms with Crippen LogP contribution in [0, 0.1) is 6.92 Å². The van der Waals surface area contributed by atoms with E-state index < -0.39 is 10.0 Å². The molecule has 0 bridgehead atoms. The van der Waals surface area contributed by atoms with Crippen LogP contribution in [0.3, 0.4) is 0 Å². The van der Waals surface area contributed by atoms with Crippen molar-refractivity contribution in [2.24, 2.45) is 0 Å². The zero-order chi connectivity index (χ0) is 19.3. The second-order valence-electron chi connectivity index (χ2n) is 6.02. The lowest BCUT2D eigenvalue weighted by molar-refractivity contribution is 0.414. The molecule has 140 valence electrons. The summed E-state index contributed by atoms with van der Waals surface area (Å²) >= 11 is 0. The summed E-state index contributed by atoms with van der Waals surface area (Å²) in [6.07, 6.45) is 3.49. The van der Waals surface area contributed by atoms with Gasteiger partial charge in [-0.1, -0.05) is 0 Å². The maximum Gasteiger partial charge on any atom is 0.262 e. The Hall–Kier alpha value is -3.06. The van der Waals surface area contributed by atoms with Gasteiger partial charge in [-0.15, -0.1) is 0 Å². The van der Waals surface area contributed by atoms with Gasteiger partial charge in [0.25, 0.3) is 10.0 Å². The summed E-state index contributed by atoms with van der Waals surface area (Å²) in [4.78, 5) is 4.21. The second kappa shape index (κ2) is 8.09. The van der Waals surface area contributed by atoms with Crippen LogP contribution < -0.4 is 14.8 Å². The van der Waals surface area contributed by atoms with Gasteiger partial charge in [-0.2, -0.15) is 0 Å². The van der Waals surface area contributed by atoms with Gasteiger partial charge in [0.2, 0.25) is 0 Å². The van der Waals surface area contributed by atoms with Gasteiger partial charge in [0.05, 0.1) is 12.0 Å². The van der Waals surface area contributed by atoms with Crippen molar-refractivity contribution in [1.29, 1.82) is 0 Å². The molecular weight excluding hydrogens is 362 g/mol. The topological polar surface area (TPSA) is 80.3 Å². The van der Waals surface area contributed by atoms with Crippen LogP contribution >= 0.6 is 0 Å². The maximum absolute atomic E-state index is 12.6. The van der Waals surface area contributed by atoms with Gasteiger partial charge >= 0.3 is 0 Å². The molecule has 1 aromatic heterocycles. The van der Waals surface area contributed by atoms with Crippen molar-refractivity contribution in [3.8, 4) is 5.75 Å². The first-order valence-electron chi connectivity index (χ1n) is 8.38. The number of nitrogens with one attached hydrogen (secondary N) is 2. The predicted octanol–water partition coefficient (Wildman–Crippen LogP) is 3.81. The molecule has 3 rings (SSSR count). The Bertz CT molecular complexity index is 1000. The highest BCUT2D eigenvalue weighted by atomic mass is 32.2. The highest BCUT2D eigenvalue weighted by Crippen LogP contribution is 2.24. The van der Waals surface area contributed by atoms with E-state index in [1.165, 1.54) is 0 Å². The van der Waals surface area contributed by atoms with Crippen LogP contribution in [0.4, 0.5) is 11.4 Å². The number of pyridine rings is 1. The quantitative estimate of drug-likeness (QED) is 0.648. The average Bonchev–Trinajstić information content (AvgIpc) is 2.67. The lowest BCUT2D eigenvalue weighted by Crippen LogP contribution is -2.14. The minimum atomic E-state index is -3.67. The molecular formula is C20H21N3O3S. The van der Waals surface area contributed by atoms with E-state index in [-0.39, 0.29) is 4.90 Å². The number of hydrogen-bond acceptors (Lipinski definition) is 5. The summed E-state index contributed by atoms with van der Waals surface area (Å²) < 4.78 is 33.0. The molecule has 0 amide bonds. The monoisotopic (exact) mass is 383 g/mol. The summed E-state index contributed by atoms with van der Waals surface area (Å²) in [6, 6.07) is 15.9. The molecule has 0 unspecified atom stereocenters. The first kappa shape index (κ1) is 18.7. The number of sulfonamides is 1. The van der Waals surface area contributed by atoms with Gasteiger partial charge in [-0.3, -0.25) is 9.71 Å². The molecule has 27 heavy (non-hydrogen) atoms. The summed E-state index contributed by atoms with van der Waals surface area (Å²) in [6.45, 7) is 2.40. The van der Waals surface area contributed by atoms with Crippen LogP contribution in [0.1, 0.15) is 11.1 Å². The normalized spacial score (nSPS) is 11.0. The van der Waals surface area contributed by atoms with Crippen molar-refractivity contribution in [3.05, 3.63) is 78.1 Å². The number of methoxy groups -OCH3 is 1. The van der Waals surface area contributed by atoms with Crippen LogP contribution in [0.5, 0.6) is 5.75 Å². The van der Waals surface area contributed by atoms with E-state index in [1.807, 2.05) is 24.3 Å². The molecule has 0 radical (unpaired) electrons. The van der Waals surface area contributed by atoms with E-state index in [4.69, 9.17) is 4.74 Å². The Kier molecular flexibility index (Phi) is 5.61. The molecule has 0 saturated carbocycles. The molecule has 7 heteroatoms. The average molecular weight is 383 g/mol. The molecule has 0 aliphatic carbocycles. The lowest BCUT2D eigenvalue weighted by Gasteiger charge is -2.12. The minimum Gasteiger partial charge on any atom is -0.497 e. The fourth-order valence-corrected chi connectivity index (χ4v) is 3.91. The van der Waals surface area contributed by atoms with Crippen molar-refractivity contribution in [1.82, 2.24) is 4.98 Å². The Morgan fingerprint density at radius 2 is 1.63 bits per heavy atom. The molecule has 2 N–H and O–H groups in total. The first-order valence-corrected chi connectivity index (χ1v) is 9.86. The summed E-state index contributed by atoms with van der Waals surface area (Å²) in [5.41, 5.74) is 3.14. The van der Waals surface area contributed by atoms with Crippen molar-refractivity contribution in [3.63, 3.8) is 0 Å². The zero-order valence-corrected chi connectivity index (χ0v) is 16.0. The van der Waals surface area contributed by atoms with Gasteiger partial charge < -0.3 is 10.1 Å². The largest absolute Gasteiger partial charge is 0.497 e. The van der Waals surface area contributed by atoms with E-state index in [1.54, 1.807) is 56.8 Å². The van der Waals surface area contributed by atoms with E-state index >= 15 is 0 Å². The number of aromatic nitrogens is 1. The number of benzene rings is 2. The number of nitrogens with zero attached hydrogens (tertiary/aromatic N) is 1. The number of anilines is 2. The molecule has 0 spiro atoms. The van der Waals surface area contributed by atoms with Crippen molar-refractivity contribution >= 4 is 21.4 Å². The molecule has 2 aromatic carbocycles. The molecule has 6 nitrogen and oxygen atoms in total. The van der Waals surface area contributed by atoms with E-state index in [0.29, 0.717) is 23.5 Å². The maximum atomic E-state index is 12.6. The van der Waals surface area contributed by atoms with Crippen LogP contribution in [-0.2, 0) is 16.6 Å². The van der Waals surface area contributed by atoms with Gasteiger partial charge in [0, 0.05) is 30.3 Å². The molecule has 3 aromatic rings. The summed E-state index contributed by atoms with van der Waals surface area (Å²) in [7, 11) is -2.12. The minimum absolute atomic E-state index is 0.225. The Morgan fingerprint density at radius 1 is 0.963 bits per heavy atom. The summed E-state index contributed by atoms with van der Waals surface area (Å²) in [5.74, 6) is 0.621. The number of hydrogen-bond donors (Lipinski definition) is 2. The third-order valence-electron chi connectivity index (χ3n) is 4.05. The van der Waals surface area contributed by atoms with E-state index in [2.05, 4.69) is 15.0 Å². The SMILES string of the molecule is COc1ccc(S(=O)(=O)Nc2ccc(NCc3ccncc3)cc2)c(C)c1. The standard InChI is InChI=1S/C20H21N3O3S/c1-15-13-19(26-2)7-8-20(15)27(24,25)23-18-5-3-17(4-6-18)22-14-16-9-11-21-12-10-16/h3-13,22-23H,14H2,1-2H3. The highest BCUT2D eigenvalue weighted by molar-refractivity contribution is 7.92. The molecule has 0 fully saturated rings. The van der Waals surface area contributed by atoms with Gasteiger partial charge in [-0.05, 0) is 72.6 Å². The third-order valence-corrected chi connectivity index (χ3v) is 5.60. The fourth-order valence-electron chi connectivity index (χ4n) is 2.62. The molecule has 0 saturated heterocycles. The molecule has 0 aliphatic rings.